The molecule has 58 heavy (non-hydrogen) atoms. The molecule has 4 unspecified atom stereocenters. The molecule has 0 bridgehead atoms. The molecule has 0 fully saturated rings. The second-order valence-electron chi connectivity index (χ2n) is 18.8. The van der Waals surface area contributed by atoms with Gasteiger partial charge in [0.2, 0.25) is 0 Å². The van der Waals surface area contributed by atoms with Crippen molar-refractivity contribution < 1.29 is 19.1 Å². The van der Waals surface area contributed by atoms with Crippen LogP contribution in [-0.4, -0.2) is 86.3 Å². The molecule has 0 radical (unpaired) electrons. The number of rotatable bonds is 43. The second kappa shape index (κ2) is 39.9. The van der Waals surface area contributed by atoms with Crippen LogP contribution >= 0.6 is 0 Å². The van der Waals surface area contributed by atoms with Crippen LogP contribution in [0.3, 0.4) is 0 Å². The average Bonchev–Trinajstić information content (AvgIpc) is 3.19. The molecule has 0 rings (SSSR count). The monoisotopic (exact) mass is 823 g/mol. The van der Waals surface area contributed by atoms with Gasteiger partial charge in [0.1, 0.15) is 12.2 Å². The van der Waals surface area contributed by atoms with Gasteiger partial charge >= 0.3 is 11.9 Å². The molecule has 0 aliphatic heterocycles. The number of unbranched alkanes of at least 4 members (excludes halogenated alkanes) is 7. The smallest absolute Gasteiger partial charge is 0.306 e. The van der Waals surface area contributed by atoms with Crippen LogP contribution in [-0.2, 0) is 19.1 Å². The summed E-state index contributed by atoms with van der Waals surface area (Å²) in [5.74, 6) is 2.56. The molecule has 0 spiro atoms. The molecule has 0 saturated carbocycles. The predicted molar refractivity (Wildman–Crippen MR) is 250 cm³/mol. The highest BCUT2D eigenvalue weighted by Gasteiger charge is 2.20. The Balaban J connectivity index is 4.60. The Morgan fingerprint density at radius 1 is 0.448 bits per heavy atom. The van der Waals surface area contributed by atoms with Crippen LogP contribution in [0.25, 0.3) is 0 Å². The van der Waals surface area contributed by atoms with Crippen LogP contribution in [0.4, 0.5) is 0 Å². The van der Waals surface area contributed by atoms with Gasteiger partial charge in [0.25, 0.3) is 0 Å². The van der Waals surface area contributed by atoms with Crippen LogP contribution in [0, 0.1) is 23.7 Å². The quantitative estimate of drug-likeness (QED) is 0.0462. The third kappa shape index (κ3) is 34.5. The summed E-state index contributed by atoms with van der Waals surface area (Å²) in [6, 6.07) is 0. The Labute approximate surface area is 361 Å². The number of esters is 2. The van der Waals surface area contributed by atoms with E-state index in [4.69, 9.17) is 20.9 Å². The number of nitrogens with two attached hydrogens (primary N) is 2. The van der Waals surface area contributed by atoms with Crippen LogP contribution in [0.15, 0.2) is 0 Å². The van der Waals surface area contributed by atoms with Crippen molar-refractivity contribution in [2.75, 3.05) is 52.4 Å². The van der Waals surface area contributed by atoms with Gasteiger partial charge in [-0.05, 0) is 166 Å². The number of hydrogen-bond donors (Lipinski definition) is 2. The van der Waals surface area contributed by atoms with E-state index in [0.29, 0.717) is 24.7 Å². The van der Waals surface area contributed by atoms with Gasteiger partial charge in [-0.3, -0.25) is 9.59 Å². The predicted octanol–water partition coefficient (Wildman–Crippen LogP) is 12.1. The van der Waals surface area contributed by atoms with E-state index in [1.165, 1.54) is 77.0 Å². The van der Waals surface area contributed by atoms with Crippen molar-refractivity contribution in [2.45, 2.75) is 235 Å². The van der Waals surface area contributed by atoms with E-state index >= 15 is 0 Å². The highest BCUT2D eigenvalue weighted by Crippen LogP contribution is 2.25. The summed E-state index contributed by atoms with van der Waals surface area (Å²) in [5, 5.41) is 0. The van der Waals surface area contributed by atoms with Gasteiger partial charge in [0.05, 0.1) is 0 Å². The number of nitrogens with zero attached hydrogens (tertiary/aromatic N) is 2. The van der Waals surface area contributed by atoms with Crippen molar-refractivity contribution >= 4 is 11.9 Å². The maximum Gasteiger partial charge on any atom is 0.306 e. The lowest BCUT2D eigenvalue weighted by atomic mass is 9.91. The van der Waals surface area contributed by atoms with Crippen molar-refractivity contribution in [1.82, 2.24) is 9.80 Å². The maximum atomic E-state index is 12.8. The molecule has 0 aromatic rings. The molecule has 0 aliphatic rings. The van der Waals surface area contributed by atoms with Gasteiger partial charge in [0.15, 0.2) is 0 Å². The molecule has 4 atom stereocenters. The normalized spacial score (nSPS) is 14.1. The van der Waals surface area contributed by atoms with Crippen molar-refractivity contribution in [1.29, 1.82) is 0 Å². The Hall–Kier alpha value is -1.22. The van der Waals surface area contributed by atoms with Gasteiger partial charge in [-0.15, -0.1) is 0 Å². The zero-order valence-corrected chi connectivity index (χ0v) is 40.2. The zero-order chi connectivity index (χ0) is 43.2. The molecule has 0 amide bonds. The molecule has 346 valence electrons. The third-order valence-corrected chi connectivity index (χ3v) is 12.2. The van der Waals surface area contributed by atoms with Crippen LogP contribution < -0.4 is 11.5 Å². The Morgan fingerprint density at radius 3 is 1.10 bits per heavy atom. The molecule has 8 nitrogen and oxygen atoms in total. The maximum absolute atomic E-state index is 12.8. The Bertz CT molecular complexity index is 846. The topological polar surface area (TPSA) is 111 Å². The highest BCUT2D eigenvalue weighted by molar-refractivity contribution is 5.69. The zero-order valence-electron chi connectivity index (χ0n) is 40.2. The minimum atomic E-state index is -0.00643. The van der Waals surface area contributed by atoms with E-state index in [9.17, 15) is 9.59 Å². The first kappa shape index (κ1) is 56.8. The lowest BCUT2D eigenvalue weighted by molar-refractivity contribution is -0.151. The first-order chi connectivity index (χ1) is 28.0. The summed E-state index contributed by atoms with van der Waals surface area (Å²) < 4.78 is 12.1. The van der Waals surface area contributed by atoms with Crippen LogP contribution in [0.5, 0.6) is 0 Å². The third-order valence-electron chi connectivity index (χ3n) is 12.2. The lowest BCUT2D eigenvalue weighted by Crippen LogP contribution is -2.31. The molecule has 0 heterocycles. The molecular formula is C50H102N4O4. The van der Waals surface area contributed by atoms with E-state index in [2.05, 4.69) is 65.2 Å². The Morgan fingerprint density at radius 2 is 0.793 bits per heavy atom. The fourth-order valence-electron chi connectivity index (χ4n) is 8.46. The molecule has 0 aromatic heterocycles. The summed E-state index contributed by atoms with van der Waals surface area (Å²) in [6.45, 7) is 25.9. The van der Waals surface area contributed by atoms with Gasteiger partial charge in [-0.25, -0.2) is 0 Å². The summed E-state index contributed by atoms with van der Waals surface area (Å²) in [5.41, 5.74) is 11.8. The first-order valence-electron chi connectivity index (χ1n) is 25.2. The van der Waals surface area contributed by atoms with Crippen LogP contribution in [0.2, 0.25) is 0 Å². The fraction of sp³-hybridized carbons (Fsp3) is 0.960. The van der Waals surface area contributed by atoms with E-state index in [1.807, 2.05) is 0 Å². The van der Waals surface area contributed by atoms with Gasteiger partial charge in [-0.1, -0.05) is 120 Å². The van der Waals surface area contributed by atoms with Crippen molar-refractivity contribution in [2.24, 2.45) is 35.1 Å². The first-order valence-corrected chi connectivity index (χ1v) is 25.2. The molecule has 0 aliphatic carbocycles. The van der Waals surface area contributed by atoms with Gasteiger partial charge in [0, 0.05) is 12.8 Å². The van der Waals surface area contributed by atoms with E-state index < -0.39 is 0 Å². The van der Waals surface area contributed by atoms with Gasteiger partial charge in [-0.2, -0.15) is 0 Å². The van der Waals surface area contributed by atoms with E-state index in [1.54, 1.807) is 0 Å². The number of carbonyl (C=O) groups is 2. The number of hydrogen-bond acceptors (Lipinski definition) is 8. The number of ether oxygens (including phenoxy) is 2. The number of carbonyl (C=O) groups excluding carboxylic acids is 2. The molecule has 0 aromatic carbocycles. The van der Waals surface area contributed by atoms with E-state index in [0.717, 1.165) is 141 Å². The standard InChI is InChI=1S/C50H102N4O4/c1-9-13-25-45(11-3)29-31-47(41-43(5)6)57-49(55)27-17-15-19-35-53(39-23-33-51)37-21-22-38-54(40-24-34-52)36-20-16-18-28-50(56)58-48(42-44(7)8)32-30-46(12-4)26-14-10-2/h43-48H,9-42,51-52H2,1-8H3. The van der Waals surface area contributed by atoms with Crippen molar-refractivity contribution in [3.63, 3.8) is 0 Å². The summed E-state index contributed by atoms with van der Waals surface area (Å²) in [7, 11) is 0. The summed E-state index contributed by atoms with van der Waals surface area (Å²) >= 11 is 0. The minimum Gasteiger partial charge on any atom is -0.462 e. The average molecular weight is 823 g/mol. The molecular weight excluding hydrogens is 721 g/mol. The highest BCUT2D eigenvalue weighted by atomic mass is 16.5. The SMILES string of the molecule is CCCCC(CC)CCC(CC(C)C)OC(=O)CCCCCN(CCCN)CCCCN(CCCN)CCCCCC(=O)OC(CCC(CC)CCCC)CC(C)C. The molecule has 4 N–H and O–H groups in total. The van der Waals surface area contributed by atoms with Crippen molar-refractivity contribution in [3.05, 3.63) is 0 Å². The fourth-order valence-corrected chi connectivity index (χ4v) is 8.46. The molecule has 0 saturated heterocycles. The van der Waals surface area contributed by atoms with Crippen LogP contribution in [0.1, 0.15) is 222 Å². The summed E-state index contributed by atoms with van der Waals surface area (Å²) in [6.07, 6.45) is 28.1. The summed E-state index contributed by atoms with van der Waals surface area (Å²) in [4.78, 5) is 30.8. The second-order valence-corrected chi connectivity index (χ2v) is 18.8. The van der Waals surface area contributed by atoms with E-state index in [-0.39, 0.29) is 24.1 Å². The largest absolute Gasteiger partial charge is 0.462 e. The Kier molecular flexibility index (Phi) is 39.0. The van der Waals surface area contributed by atoms with Crippen molar-refractivity contribution in [3.8, 4) is 0 Å². The lowest BCUT2D eigenvalue weighted by Gasteiger charge is -2.25. The van der Waals surface area contributed by atoms with Gasteiger partial charge < -0.3 is 30.7 Å². The molecule has 8 heteroatoms. The minimum absolute atomic E-state index is 0.00643.